The van der Waals surface area contributed by atoms with E-state index in [1.165, 1.54) is 0 Å². The van der Waals surface area contributed by atoms with Crippen LogP contribution in [-0.2, 0) is 0 Å². The van der Waals surface area contributed by atoms with Crippen molar-refractivity contribution >= 4 is 5.69 Å². The van der Waals surface area contributed by atoms with Gasteiger partial charge in [-0.1, -0.05) is 0 Å². The first kappa shape index (κ1) is 11.1. The van der Waals surface area contributed by atoms with Crippen LogP contribution in [0.15, 0.2) is 18.2 Å². The summed E-state index contributed by atoms with van der Waals surface area (Å²) in [7, 11) is 3.71. The molecule has 4 nitrogen and oxygen atoms in total. The number of fused-ring (bicyclic) bond motifs is 1. The van der Waals surface area contributed by atoms with Crippen molar-refractivity contribution in [2.45, 2.75) is 19.1 Å². The molecular weight excluding hydrogens is 204 g/mol. The predicted octanol–water partition coefficient (Wildman–Crippen LogP) is 1.24. The SMILES string of the molecule is COc1ccc2c(c1)N(C)C(C)C(CN)O2. The van der Waals surface area contributed by atoms with Crippen molar-refractivity contribution in [2.75, 3.05) is 25.6 Å². The third kappa shape index (κ3) is 1.69. The number of nitrogens with zero attached hydrogens (tertiary/aromatic N) is 1. The maximum Gasteiger partial charge on any atom is 0.143 e. The van der Waals surface area contributed by atoms with Crippen molar-refractivity contribution in [1.29, 1.82) is 0 Å². The molecule has 88 valence electrons. The molecule has 16 heavy (non-hydrogen) atoms. The van der Waals surface area contributed by atoms with Crippen LogP contribution >= 0.6 is 0 Å². The molecule has 2 rings (SSSR count). The maximum atomic E-state index is 5.84. The van der Waals surface area contributed by atoms with E-state index in [1.807, 2.05) is 25.2 Å². The van der Waals surface area contributed by atoms with Gasteiger partial charge in [-0.05, 0) is 19.1 Å². The molecule has 0 radical (unpaired) electrons. The Morgan fingerprint density at radius 3 is 2.88 bits per heavy atom. The van der Waals surface area contributed by atoms with E-state index in [0.29, 0.717) is 6.54 Å². The van der Waals surface area contributed by atoms with Crippen LogP contribution in [0.4, 0.5) is 5.69 Å². The predicted molar refractivity (Wildman–Crippen MR) is 64.3 cm³/mol. The summed E-state index contributed by atoms with van der Waals surface area (Å²) >= 11 is 0. The average molecular weight is 222 g/mol. The third-order valence-electron chi connectivity index (χ3n) is 3.21. The Balaban J connectivity index is 2.38. The molecule has 2 N–H and O–H groups in total. The van der Waals surface area contributed by atoms with Gasteiger partial charge in [-0.2, -0.15) is 0 Å². The molecule has 0 saturated heterocycles. The molecular formula is C12H18N2O2. The summed E-state index contributed by atoms with van der Waals surface area (Å²) in [6.45, 7) is 2.64. The normalized spacial score (nSPS) is 23.6. The van der Waals surface area contributed by atoms with Crippen molar-refractivity contribution in [3.05, 3.63) is 18.2 Å². The lowest BCUT2D eigenvalue weighted by Gasteiger charge is -2.39. The number of hydrogen-bond acceptors (Lipinski definition) is 4. The lowest BCUT2D eigenvalue weighted by molar-refractivity contribution is 0.168. The Morgan fingerprint density at radius 2 is 2.25 bits per heavy atom. The van der Waals surface area contributed by atoms with Gasteiger partial charge in [-0.3, -0.25) is 0 Å². The van der Waals surface area contributed by atoms with Gasteiger partial charge in [0.1, 0.15) is 17.6 Å². The number of hydrogen-bond donors (Lipinski definition) is 1. The van der Waals surface area contributed by atoms with Crippen LogP contribution in [0.1, 0.15) is 6.92 Å². The van der Waals surface area contributed by atoms with E-state index in [-0.39, 0.29) is 12.1 Å². The molecule has 0 spiro atoms. The van der Waals surface area contributed by atoms with Gasteiger partial charge in [0.2, 0.25) is 0 Å². The minimum absolute atomic E-state index is 0.0471. The third-order valence-corrected chi connectivity index (χ3v) is 3.21. The lowest BCUT2D eigenvalue weighted by atomic mass is 10.1. The van der Waals surface area contributed by atoms with Gasteiger partial charge in [-0.15, -0.1) is 0 Å². The number of nitrogens with two attached hydrogens (primary N) is 1. The summed E-state index contributed by atoms with van der Waals surface area (Å²) in [6.07, 6.45) is 0.0471. The molecule has 1 aromatic carbocycles. The van der Waals surface area contributed by atoms with Gasteiger partial charge in [0.05, 0.1) is 18.8 Å². The maximum absolute atomic E-state index is 5.84. The summed E-state index contributed by atoms with van der Waals surface area (Å²) in [5.74, 6) is 1.71. The molecule has 0 saturated carbocycles. The van der Waals surface area contributed by atoms with E-state index >= 15 is 0 Å². The number of methoxy groups -OCH3 is 1. The molecule has 0 bridgehead atoms. The Kier molecular flexibility index (Phi) is 2.92. The molecule has 1 aliphatic heterocycles. The highest BCUT2D eigenvalue weighted by molar-refractivity contribution is 5.63. The van der Waals surface area contributed by atoms with Crippen LogP contribution in [0.3, 0.4) is 0 Å². The van der Waals surface area contributed by atoms with E-state index in [9.17, 15) is 0 Å². The van der Waals surface area contributed by atoms with Crippen LogP contribution < -0.4 is 20.1 Å². The van der Waals surface area contributed by atoms with E-state index in [2.05, 4.69) is 11.8 Å². The molecule has 2 unspecified atom stereocenters. The quantitative estimate of drug-likeness (QED) is 0.818. The molecule has 2 atom stereocenters. The Bertz CT molecular complexity index is 381. The number of rotatable bonds is 2. The second-order valence-corrected chi connectivity index (χ2v) is 4.08. The zero-order valence-corrected chi connectivity index (χ0v) is 9.93. The highest BCUT2D eigenvalue weighted by Gasteiger charge is 2.29. The van der Waals surface area contributed by atoms with Crippen LogP contribution in [-0.4, -0.2) is 32.8 Å². The Labute approximate surface area is 95.9 Å². The van der Waals surface area contributed by atoms with Crippen molar-refractivity contribution in [3.8, 4) is 11.5 Å². The van der Waals surface area contributed by atoms with E-state index in [0.717, 1.165) is 17.2 Å². The van der Waals surface area contributed by atoms with Crippen LogP contribution in [0.25, 0.3) is 0 Å². The first-order valence-electron chi connectivity index (χ1n) is 5.45. The van der Waals surface area contributed by atoms with Crippen LogP contribution in [0, 0.1) is 0 Å². The van der Waals surface area contributed by atoms with Crippen LogP contribution in [0.5, 0.6) is 11.5 Å². The highest BCUT2D eigenvalue weighted by atomic mass is 16.5. The topological polar surface area (TPSA) is 47.7 Å². The zero-order chi connectivity index (χ0) is 11.7. The van der Waals surface area contributed by atoms with E-state index in [1.54, 1.807) is 7.11 Å². The molecule has 4 heteroatoms. The average Bonchev–Trinajstić information content (AvgIpc) is 2.33. The fourth-order valence-corrected chi connectivity index (χ4v) is 1.97. The molecule has 0 fully saturated rings. The summed E-state index contributed by atoms with van der Waals surface area (Å²) in [4.78, 5) is 2.18. The second-order valence-electron chi connectivity index (χ2n) is 4.08. The summed E-state index contributed by atoms with van der Waals surface area (Å²) in [5, 5.41) is 0. The van der Waals surface area contributed by atoms with Crippen LogP contribution in [0.2, 0.25) is 0 Å². The largest absolute Gasteiger partial charge is 0.497 e. The van der Waals surface area contributed by atoms with Gasteiger partial charge in [0, 0.05) is 19.7 Å². The Morgan fingerprint density at radius 1 is 1.50 bits per heavy atom. The number of anilines is 1. The fraction of sp³-hybridized carbons (Fsp3) is 0.500. The number of likely N-dealkylation sites (N-methyl/N-ethyl adjacent to an activating group) is 1. The molecule has 1 aliphatic rings. The summed E-state index contributed by atoms with van der Waals surface area (Å²) < 4.78 is 11.1. The molecule has 1 heterocycles. The van der Waals surface area contributed by atoms with Gasteiger partial charge < -0.3 is 20.1 Å². The van der Waals surface area contributed by atoms with Gasteiger partial charge in [-0.25, -0.2) is 0 Å². The van der Waals surface area contributed by atoms with Gasteiger partial charge >= 0.3 is 0 Å². The van der Waals surface area contributed by atoms with Crippen molar-refractivity contribution in [2.24, 2.45) is 5.73 Å². The minimum Gasteiger partial charge on any atom is -0.497 e. The number of ether oxygens (including phenoxy) is 2. The fourth-order valence-electron chi connectivity index (χ4n) is 1.97. The molecule has 0 aromatic heterocycles. The van der Waals surface area contributed by atoms with E-state index < -0.39 is 0 Å². The van der Waals surface area contributed by atoms with Crippen molar-refractivity contribution in [1.82, 2.24) is 0 Å². The molecule has 1 aromatic rings. The van der Waals surface area contributed by atoms with Crippen molar-refractivity contribution < 1.29 is 9.47 Å². The van der Waals surface area contributed by atoms with Gasteiger partial charge in [0.15, 0.2) is 0 Å². The van der Waals surface area contributed by atoms with Crippen molar-refractivity contribution in [3.63, 3.8) is 0 Å². The summed E-state index contributed by atoms with van der Waals surface area (Å²) in [6, 6.07) is 6.08. The molecule has 0 aliphatic carbocycles. The highest BCUT2D eigenvalue weighted by Crippen LogP contribution is 2.37. The minimum atomic E-state index is 0.0471. The first-order chi connectivity index (χ1) is 7.67. The lowest BCUT2D eigenvalue weighted by Crippen LogP contribution is -2.49. The Hall–Kier alpha value is -1.42. The molecule has 0 amide bonds. The van der Waals surface area contributed by atoms with Gasteiger partial charge in [0.25, 0.3) is 0 Å². The zero-order valence-electron chi connectivity index (χ0n) is 9.93. The first-order valence-corrected chi connectivity index (χ1v) is 5.45. The smallest absolute Gasteiger partial charge is 0.143 e. The number of benzene rings is 1. The van der Waals surface area contributed by atoms with E-state index in [4.69, 9.17) is 15.2 Å². The monoisotopic (exact) mass is 222 g/mol. The standard InChI is InChI=1S/C12H18N2O2/c1-8-12(7-13)16-11-5-4-9(15-3)6-10(11)14(8)2/h4-6,8,12H,7,13H2,1-3H3. The summed E-state index contributed by atoms with van der Waals surface area (Å²) in [5.41, 5.74) is 6.75. The second kappa shape index (κ2) is 4.22.